The van der Waals surface area contributed by atoms with E-state index in [1.165, 1.54) is 12.8 Å². The largest absolute Gasteiger partial charge is 0.359 e. The van der Waals surface area contributed by atoms with E-state index in [4.69, 9.17) is 12.2 Å². The summed E-state index contributed by atoms with van der Waals surface area (Å²) in [5.41, 5.74) is 6.12. The molecule has 1 aliphatic rings. The average molecular weight is 187 g/mol. The maximum Gasteiger partial charge on any atom is 0.181 e. The van der Waals surface area contributed by atoms with Gasteiger partial charge in [-0.3, -0.25) is 5.43 Å². The first-order valence-electron chi connectivity index (χ1n) is 4.31. The third kappa shape index (κ3) is 4.51. The first-order valence-corrected chi connectivity index (χ1v) is 4.72. The topological polar surface area (TPSA) is 36.1 Å². The van der Waals surface area contributed by atoms with Gasteiger partial charge in [0.25, 0.3) is 0 Å². The number of nitrogens with one attached hydrogen (secondary N) is 3. The molecular weight excluding hydrogens is 170 g/mol. The second-order valence-electron chi connectivity index (χ2n) is 4.25. The second-order valence-corrected chi connectivity index (χ2v) is 4.66. The van der Waals surface area contributed by atoms with Crippen LogP contribution in [0.2, 0.25) is 0 Å². The highest BCUT2D eigenvalue weighted by atomic mass is 32.1. The van der Waals surface area contributed by atoms with Crippen molar-refractivity contribution in [3.63, 3.8) is 0 Å². The molecule has 1 rings (SSSR count). The highest BCUT2D eigenvalue weighted by molar-refractivity contribution is 7.80. The van der Waals surface area contributed by atoms with Crippen molar-refractivity contribution in [1.82, 2.24) is 16.2 Å². The van der Waals surface area contributed by atoms with Crippen molar-refractivity contribution >= 4 is 17.3 Å². The monoisotopic (exact) mass is 187 g/mol. The minimum Gasteiger partial charge on any atom is -0.359 e. The molecule has 4 heteroatoms. The van der Waals surface area contributed by atoms with Gasteiger partial charge >= 0.3 is 0 Å². The second kappa shape index (κ2) is 3.58. The summed E-state index contributed by atoms with van der Waals surface area (Å²) >= 11 is 5.05. The fourth-order valence-electron chi connectivity index (χ4n) is 0.693. The Kier molecular flexibility index (Phi) is 2.90. The molecule has 0 aromatic rings. The Labute approximate surface area is 79.3 Å². The number of hydrogen-bond acceptors (Lipinski definition) is 2. The van der Waals surface area contributed by atoms with E-state index in [0.29, 0.717) is 11.2 Å². The van der Waals surface area contributed by atoms with Gasteiger partial charge in [-0.25, -0.2) is 5.43 Å². The van der Waals surface area contributed by atoms with Gasteiger partial charge in [-0.15, -0.1) is 0 Å². The van der Waals surface area contributed by atoms with Crippen molar-refractivity contribution in [1.29, 1.82) is 0 Å². The number of thiocarbonyl (C=S) groups is 1. The zero-order valence-corrected chi connectivity index (χ0v) is 8.72. The third-order valence-electron chi connectivity index (χ3n) is 1.46. The maximum atomic E-state index is 5.05. The summed E-state index contributed by atoms with van der Waals surface area (Å²) in [5, 5.41) is 3.89. The molecule has 0 aromatic carbocycles. The summed E-state index contributed by atoms with van der Waals surface area (Å²) < 4.78 is 0. The molecule has 0 bridgehead atoms. The molecule has 0 saturated heterocycles. The van der Waals surface area contributed by atoms with Crippen LogP contribution in [0.5, 0.6) is 0 Å². The normalized spacial score (nSPS) is 17.2. The van der Waals surface area contributed by atoms with Crippen molar-refractivity contribution in [2.45, 2.75) is 45.2 Å². The quantitative estimate of drug-likeness (QED) is 0.444. The molecular formula is C8H17N3S. The summed E-state index contributed by atoms with van der Waals surface area (Å²) in [6, 6.07) is 0.617. The molecule has 0 aromatic heterocycles. The predicted octanol–water partition coefficient (Wildman–Crippen LogP) is 0.916. The van der Waals surface area contributed by atoms with Gasteiger partial charge in [0, 0.05) is 11.6 Å². The smallest absolute Gasteiger partial charge is 0.181 e. The minimum absolute atomic E-state index is 0.0509. The lowest BCUT2D eigenvalue weighted by atomic mass is 10.1. The van der Waals surface area contributed by atoms with Crippen LogP contribution in [0.3, 0.4) is 0 Å². The highest BCUT2D eigenvalue weighted by Crippen LogP contribution is 2.18. The van der Waals surface area contributed by atoms with Crippen LogP contribution in [0.25, 0.3) is 0 Å². The minimum atomic E-state index is 0.0509. The third-order valence-corrected chi connectivity index (χ3v) is 1.68. The Morgan fingerprint density at radius 3 is 2.33 bits per heavy atom. The Morgan fingerprint density at radius 2 is 1.92 bits per heavy atom. The van der Waals surface area contributed by atoms with E-state index in [1.807, 2.05) is 0 Å². The summed E-state index contributed by atoms with van der Waals surface area (Å²) in [5.74, 6) is 0. The lowest BCUT2D eigenvalue weighted by molar-refractivity contribution is 0.402. The first-order chi connectivity index (χ1) is 5.47. The van der Waals surface area contributed by atoms with Crippen LogP contribution in [-0.2, 0) is 0 Å². The van der Waals surface area contributed by atoms with Crippen LogP contribution in [0.4, 0.5) is 0 Å². The summed E-state index contributed by atoms with van der Waals surface area (Å²) in [6.45, 7) is 6.25. The van der Waals surface area contributed by atoms with Crippen molar-refractivity contribution in [2.75, 3.05) is 0 Å². The number of rotatable bonds is 2. The van der Waals surface area contributed by atoms with E-state index in [2.05, 4.69) is 36.9 Å². The van der Waals surface area contributed by atoms with Crippen LogP contribution in [0, 0.1) is 0 Å². The van der Waals surface area contributed by atoms with Gasteiger partial charge in [0.05, 0.1) is 0 Å². The summed E-state index contributed by atoms with van der Waals surface area (Å²) in [7, 11) is 0. The van der Waals surface area contributed by atoms with Gasteiger partial charge < -0.3 is 5.32 Å². The molecule has 12 heavy (non-hydrogen) atoms. The molecule has 1 saturated carbocycles. The van der Waals surface area contributed by atoms with E-state index in [1.54, 1.807) is 0 Å². The predicted molar refractivity (Wildman–Crippen MR) is 54.8 cm³/mol. The van der Waals surface area contributed by atoms with Crippen molar-refractivity contribution in [3.8, 4) is 0 Å². The van der Waals surface area contributed by atoms with Crippen molar-refractivity contribution in [2.24, 2.45) is 0 Å². The fraction of sp³-hybridized carbons (Fsp3) is 0.875. The van der Waals surface area contributed by atoms with Crippen molar-refractivity contribution < 1.29 is 0 Å². The van der Waals surface area contributed by atoms with Gasteiger partial charge in [0.15, 0.2) is 5.11 Å². The molecule has 3 N–H and O–H groups in total. The first kappa shape index (κ1) is 9.74. The van der Waals surface area contributed by atoms with Gasteiger partial charge in [0.1, 0.15) is 0 Å². The molecule has 3 nitrogen and oxygen atoms in total. The van der Waals surface area contributed by atoms with E-state index >= 15 is 0 Å². The van der Waals surface area contributed by atoms with Crippen LogP contribution in [0.1, 0.15) is 33.6 Å². The fourth-order valence-corrected chi connectivity index (χ4v) is 0.911. The van der Waals surface area contributed by atoms with Crippen LogP contribution >= 0.6 is 12.2 Å². The zero-order valence-electron chi connectivity index (χ0n) is 7.90. The van der Waals surface area contributed by atoms with Gasteiger partial charge in [-0.05, 0) is 45.8 Å². The maximum absolute atomic E-state index is 5.05. The molecule has 0 aliphatic heterocycles. The van der Waals surface area contributed by atoms with Crippen LogP contribution < -0.4 is 16.2 Å². The molecule has 0 spiro atoms. The van der Waals surface area contributed by atoms with Crippen LogP contribution in [-0.4, -0.2) is 16.7 Å². The van der Waals surface area contributed by atoms with E-state index in [9.17, 15) is 0 Å². The molecule has 0 radical (unpaired) electrons. The standard InChI is InChI=1S/C8H17N3S/c1-8(2,3)11-10-7(12)9-6-4-5-6/h6,11H,4-5H2,1-3H3,(H2,9,10,12). The Balaban J connectivity index is 2.09. The van der Waals surface area contributed by atoms with E-state index in [-0.39, 0.29) is 5.54 Å². The van der Waals surface area contributed by atoms with Gasteiger partial charge in [-0.2, -0.15) is 0 Å². The molecule has 0 unspecified atom stereocenters. The Bertz CT molecular complexity index is 170. The number of hydrazine groups is 1. The molecule has 1 fully saturated rings. The Hall–Kier alpha value is -0.350. The zero-order chi connectivity index (χ0) is 9.19. The van der Waals surface area contributed by atoms with E-state index < -0.39 is 0 Å². The average Bonchev–Trinajstić information content (AvgIpc) is 2.66. The molecule has 0 heterocycles. The summed E-state index contributed by atoms with van der Waals surface area (Å²) in [4.78, 5) is 0. The molecule has 70 valence electrons. The molecule has 1 aliphatic carbocycles. The SMILES string of the molecule is CC(C)(C)NNC(=S)NC1CC1. The van der Waals surface area contributed by atoms with Crippen LogP contribution in [0.15, 0.2) is 0 Å². The Morgan fingerprint density at radius 1 is 1.33 bits per heavy atom. The van der Waals surface area contributed by atoms with Gasteiger partial charge in [-0.1, -0.05) is 0 Å². The summed E-state index contributed by atoms with van der Waals surface area (Å²) in [6.07, 6.45) is 2.49. The molecule has 0 amide bonds. The van der Waals surface area contributed by atoms with Gasteiger partial charge in [0.2, 0.25) is 0 Å². The lowest BCUT2D eigenvalue weighted by Gasteiger charge is -2.22. The lowest BCUT2D eigenvalue weighted by Crippen LogP contribution is -2.52. The van der Waals surface area contributed by atoms with Crippen molar-refractivity contribution in [3.05, 3.63) is 0 Å². The number of hydrogen-bond donors (Lipinski definition) is 3. The highest BCUT2D eigenvalue weighted by Gasteiger charge is 2.21. The molecule has 0 atom stereocenters. The van der Waals surface area contributed by atoms with E-state index in [0.717, 1.165) is 0 Å².